The molecule has 0 bridgehead atoms. The Hall–Kier alpha value is -2.04. The summed E-state index contributed by atoms with van der Waals surface area (Å²) in [6, 6.07) is 8.57. The molecular weight excluding hydrogens is 270 g/mol. The number of nitrogens with zero attached hydrogens (tertiary/aromatic N) is 1. The second-order valence-electron chi connectivity index (χ2n) is 5.59. The van der Waals surface area contributed by atoms with E-state index in [2.05, 4.69) is 0 Å². The van der Waals surface area contributed by atoms with Gasteiger partial charge in [-0.15, -0.1) is 0 Å². The number of aryl methyl sites for hydroxylation is 1. The van der Waals surface area contributed by atoms with Crippen LogP contribution in [0.3, 0.4) is 0 Å². The van der Waals surface area contributed by atoms with Gasteiger partial charge in [0, 0.05) is 6.54 Å². The maximum atomic E-state index is 11.4. The quantitative estimate of drug-likeness (QED) is 0.772. The van der Waals surface area contributed by atoms with Gasteiger partial charge in [-0.25, -0.2) is 9.59 Å². The number of hydrogen-bond donors (Lipinski definition) is 2. The first-order valence-electron chi connectivity index (χ1n) is 7.34. The van der Waals surface area contributed by atoms with Crippen molar-refractivity contribution in [3.63, 3.8) is 0 Å². The van der Waals surface area contributed by atoms with Crippen LogP contribution in [0.5, 0.6) is 0 Å². The fraction of sp³-hybridized carbons (Fsp3) is 0.500. The lowest BCUT2D eigenvalue weighted by atomic mass is 10.0. The summed E-state index contributed by atoms with van der Waals surface area (Å²) in [6.07, 6.45) is 2.75. The minimum atomic E-state index is -1.14. The first-order chi connectivity index (χ1) is 10.1. The lowest BCUT2D eigenvalue weighted by Crippen LogP contribution is -2.45. The average molecular weight is 291 g/mol. The molecule has 1 amide bonds. The highest BCUT2D eigenvalue weighted by atomic mass is 16.4. The number of rotatable bonds is 8. The normalized spacial score (nSPS) is 15.4. The van der Waals surface area contributed by atoms with E-state index in [-0.39, 0.29) is 0 Å². The van der Waals surface area contributed by atoms with E-state index in [4.69, 9.17) is 0 Å². The van der Waals surface area contributed by atoms with Crippen molar-refractivity contribution >= 4 is 12.1 Å². The maximum absolute atomic E-state index is 11.4. The van der Waals surface area contributed by atoms with Gasteiger partial charge in [-0.05, 0) is 30.7 Å². The Bertz CT molecular complexity index is 484. The standard InChI is InChI=1S/C16H21NO4/c18-15(19)14(9-8-12-4-2-1-3-5-12)17(16(20)21)11-10-13-6-7-13/h1-5,13-14H,6-11H2,(H,18,19)(H,20,21). The Morgan fingerprint density at radius 1 is 1.19 bits per heavy atom. The Balaban J connectivity index is 1.96. The molecular formula is C16H21NO4. The molecule has 0 aliphatic heterocycles. The molecule has 0 radical (unpaired) electrons. The summed E-state index contributed by atoms with van der Waals surface area (Å²) in [7, 11) is 0. The van der Waals surface area contributed by atoms with Crippen LogP contribution in [0.15, 0.2) is 30.3 Å². The molecule has 2 N–H and O–H groups in total. The molecule has 1 saturated carbocycles. The third-order valence-corrected chi connectivity index (χ3v) is 3.93. The summed E-state index contributed by atoms with van der Waals surface area (Å²) >= 11 is 0. The van der Waals surface area contributed by atoms with E-state index in [1.54, 1.807) is 0 Å². The minimum Gasteiger partial charge on any atom is -0.480 e. The molecule has 1 atom stereocenters. The van der Waals surface area contributed by atoms with Crippen LogP contribution >= 0.6 is 0 Å². The zero-order valence-corrected chi connectivity index (χ0v) is 11.9. The van der Waals surface area contributed by atoms with E-state index in [1.165, 1.54) is 0 Å². The topological polar surface area (TPSA) is 77.8 Å². The first-order valence-corrected chi connectivity index (χ1v) is 7.34. The van der Waals surface area contributed by atoms with Gasteiger partial charge in [0.15, 0.2) is 0 Å². The van der Waals surface area contributed by atoms with Gasteiger partial charge < -0.3 is 10.2 Å². The van der Waals surface area contributed by atoms with Crippen molar-refractivity contribution in [2.45, 2.75) is 38.1 Å². The van der Waals surface area contributed by atoms with E-state index >= 15 is 0 Å². The highest BCUT2D eigenvalue weighted by molar-refractivity contribution is 5.79. The van der Waals surface area contributed by atoms with E-state index in [1.807, 2.05) is 30.3 Å². The van der Waals surface area contributed by atoms with Crippen molar-refractivity contribution in [1.29, 1.82) is 0 Å². The second-order valence-corrected chi connectivity index (χ2v) is 5.59. The lowest BCUT2D eigenvalue weighted by Gasteiger charge is -2.26. The summed E-state index contributed by atoms with van der Waals surface area (Å²) in [4.78, 5) is 23.9. The summed E-state index contributed by atoms with van der Waals surface area (Å²) in [5, 5.41) is 18.6. The van der Waals surface area contributed by atoms with Crippen LogP contribution in [0.4, 0.5) is 4.79 Å². The highest BCUT2D eigenvalue weighted by Crippen LogP contribution is 2.32. The molecule has 114 valence electrons. The largest absolute Gasteiger partial charge is 0.480 e. The fourth-order valence-corrected chi connectivity index (χ4v) is 2.47. The number of benzene rings is 1. The third-order valence-electron chi connectivity index (χ3n) is 3.93. The molecule has 1 aromatic rings. The lowest BCUT2D eigenvalue weighted by molar-refractivity contribution is -0.142. The first kappa shape index (κ1) is 15.4. The van der Waals surface area contributed by atoms with Gasteiger partial charge >= 0.3 is 12.1 Å². The van der Waals surface area contributed by atoms with Gasteiger partial charge in [-0.1, -0.05) is 43.2 Å². The van der Waals surface area contributed by atoms with Crippen LogP contribution < -0.4 is 0 Å². The third kappa shape index (κ3) is 4.77. The summed E-state index contributed by atoms with van der Waals surface area (Å²) in [5.74, 6) is -0.487. The van der Waals surface area contributed by atoms with Gasteiger partial charge in [-0.3, -0.25) is 4.90 Å². The number of carboxylic acid groups (broad SMARTS) is 2. The smallest absolute Gasteiger partial charge is 0.408 e. The van der Waals surface area contributed by atoms with Crippen LogP contribution in [0.25, 0.3) is 0 Å². The number of carboxylic acids is 1. The Morgan fingerprint density at radius 3 is 2.38 bits per heavy atom. The van der Waals surface area contributed by atoms with Gasteiger partial charge in [0.1, 0.15) is 6.04 Å². The molecule has 1 unspecified atom stereocenters. The van der Waals surface area contributed by atoms with E-state index < -0.39 is 18.1 Å². The molecule has 5 heteroatoms. The molecule has 0 aromatic heterocycles. The van der Waals surface area contributed by atoms with Crippen molar-refractivity contribution in [3.8, 4) is 0 Å². The highest BCUT2D eigenvalue weighted by Gasteiger charge is 2.31. The van der Waals surface area contributed by atoms with E-state index in [9.17, 15) is 19.8 Å². The number of amides is 1. The van der Waals surface area contributed by atoms with Crippen LogP contribution in [0.2, 0.25) is 0 Å². The number of carbonyl (C=O) groups is 2. The molecule has 1 aliphatic carbocycles. The fourth-order valence-electron chi connectivity index (χ4n) is 2.47. The minimum absolute atomic E-state index is 0.302. The Morgan fingerprint density at radius 2 is 1.86 bits per heavy atom. The molecule has 0 heterocycles. The monoisotopic (exact) mass is 291 g/mol. The van der Waals surface area contributed by atoms with Crippen molar-refractivity contribution in [2.24, 2.45) is 5.92 Å². The predicted octanol–water partition coefficient (Wildman–Crippen LogP) is 2.85. The summed E-state index contributed by atoms with van der Waals surface area (Å²) in [6.45, 7) is 0.311. The van der Waals surface area contributed by atoms with Crippen molar-refractivity contribution in [1.82, 2.24) is 4.90 Å². The molecule has 21 heavy (non-hydrogen) atoms. The predicted molar refractivity (Wildman–Crippen MR) is 78.3 cm³/mol. The zero-order valence-electron chi connectivity index (χ0n) is 11.9. The van der Waals surface area contributed by atoms with Gasteiger partial charge in [0.25, 0.3) is 0 Å². The van der Waals surface area contributed by atoms with Crippen LogP contribution in [0.1, 0.15) is 31.2 Å². The van der Waals surface area contributed by atoms with Gasteiger partial charge in [0.2, 0.25) is 0 Å². The molecule has 0 saturated heterocycles. The SMILES string of the molecule is O=C(O)C(CCc1ccccc1)N(CCC1CC1)C(=O)O. The summed E-state index contributed by atoms with van der Waals surface area (Å²) in [5.41, 5.74) is 1.02. The van der Waals surface area contributed by atoms with Crippen LogP contribution in [-0.2, 0) is 11.2 Å². The molecule has 1 aliphatic rings. The van der Waals surface area contributed by atoms with Crippen LogP contribution in [0, 0.1) is 5.92 Å². The molecule has 2 rings (SSSR count). The second kappa shape index (κ2) is 7.11. The van der Waals surface area contributed by atoms with Crippen LogP contribution in [-0.4, -0.2) is 39.8 Å². The Labute approximate surface area is 124 Å². The summed E-state index contributed by atoms with van der Waals surface area (Å²) < 4.78 is 0. The molecule has 1 fully saturated rings. The Kier molecular flexibility index (Phi) is 5.20. The number of hydrogen-bond acceptors (Lipinski definition) is 2. The van der Waals surface area contributed by atoms with Crippen molar-refractivity contribution in [2.75, 3.05) is 6.54 Å². The van der Waals surface area contributed by atoms with E-state index in [0.29, 0.717) is 25.3 Å². The average Bonchev–Trinajstić information content (AvgIpc) is 3.26. The maximum Gasteiger partial charge on any atom is 0.408 e. The molecule has 5 nitrogen and oxygen atoms in total. The molecule has 1 aromatic carbocycles. The van der Waals surface area contributed by atoms with Gasteiger partial charge in [-0.2, -0.15) is 0 Å². The zero-order chi connectivity index (χ0) is 15.2. The van der Waals surface area contributed by atoms with E-state index in [0.717, 1.165) is 29.7 Å². The number of aliphatic carboxylic acids is 1. The van der Waals surface area contributed by atoms with Gasteiger partial charge in [0.05, 0.1) is 0 Å². The van der Waals surface area contributed by atoms with Crippen molar-refractivity contribution < 1.29 is 19.8 Å². The van der Waals surface area contributed by atoms with Crippen molar-refractivity contribution in [3.05, 3.63) is 35.9 Å². The molecule has 0 spiro atoms.